The van der Waals surface area contributed by atoms with Crippen LogP contribution in [0.5, 0.6) is 0 Å². The van der Waals surface area contributed by atoms with Crippen LogP contribution < -0.4 is 0 Å². The van der Waals surface area contributed by atoms with Crippen molar-refractivity contribution in [3.8, 4) is 0 Å². The maximum Gasteiger partial charge on any atom is 0.306 e. The highest BCUT2D eigenvalue weighted by molar-refractivity contribution is 5.92. The molecule has 0 amide bonds. The maximum absolute atomic E-state index is 11.5. The summed E-state index contributed by atoms with van der Waals surface area (Å²) in [4.78, 5) is 22.5. The van der Waals surface area contributed by atoms with E-state index in [0.717, 1.165) is 6.42 Å². The zero-order valence-corrected chi connectivity index (χ0v) is 9.82. The molecule has 0 bridgehead atoms. The topological polar surface area (TPSA) is 54.4 Å². The third-order valence-corrected chi connectivity index (χ3v) is 4.45. The van der Waals surface area contributed by atoms with Crippen molar-refractivity contribution >= 4 is 11.8 Å². The predicted octanol–water partition coefficient (Wildman–Crippen LogP) is 2.41. The van der Waals surface area contributed by atoms with E-state index >= 15 is 0 Å². The lowest BCUT2D eigenvalue weighted by Crippen LogP contribution is -2.40. The highest BCUT2D eigenvalue weighted by Crippen LogP contribution is 2.51. The number of rotatable bonds is 1. The van der Waals surface area contributed by atoms with Crippen molar-refractivity contribution < 1.29 is 14.7 Å². The Labute approximate surface area is 95.5 Å². The summed E-state index contributed by atoms with van der Waals surface area (Å²) in [5.41, 5.74) is 1.10. The number of carboxylic acids is 1. The molecular formula is C13H18O3. The van der Waals surface area contributed by atoms with Gasteiger partial charge in [0, 0.05) is 6.42 Å². The van der Waals surface area contributed by atoms with Gasteiger partial charge >= 0.3 is 5.97 Å². The van der Waals surface area contributed by atoms with Crippen LogP contribution in [-0.2, 0) is 9.59 Å². The monoisotopic (exact) mass is 222 g/mol. The van der Waals surface area contributed by atoms with Crippen LogP contribution in [0, 0.1) is 17.3 Å². The van der Waals surface area contributed by atoms with E-state index < -0.39 is 5.97 Å². The van der Waals surface area contributed by atoms with Gasteiger partial charge in [0.15, 0.2) is 5.78 Å². The van der Waals surface area contributed by atoms with Crippen molar-refractivity contribution in [2.45, 2.75) is 39.5 Å². The Balaban J connectivity index is 2.30. The van der Waals surface area contributed by atoms with Crippen LogP contribution >= 0.6 is 0 Å². The minimum Gasteiger partial charge on any atom is -0.481 e. The first kappa shape index (κ1) is 11.4. The van der Waals surface area contributed by atoms with Gasteiger partial charge in [-0.25, -0.2) is 0 Å². The fourth-order valence-corrected chi connectivity index (χ4v) is 3.11. The SMILES string of the molecule is C[C@@H]1CC(=O)C=C2CCC(C(=O)O)C[C@]21C. The van der Waals surface area contributed by atoms with Crippen molar-refractivity contribution in [1.82, 2.24) is 0 Å². The van der Waals surface area contributed by atoms with Crippen LogP contribution in [0.15, 0.2) is 11.6 Å². The molecule has 1 N–H and O–H groups in total. The van der Waals surface area contributed by atoms with E-state index in [1.807, 2.05) is 0 Å². The van der Waals surface area contributed by atoms with Gasteiger partial charge in [-0.1, -0.05) is 19.4 Å². The number of fused-ring (bicyclic) bond motifs is 1. The van der Waals surface area contributed by atoms with Crippen LogP contribution in [-0.4, -0.2) is 16.9 Å². The summed E-state index contributed by atoms with van der Waals surface area (Å²) in [7, 11) is 0. The Kier molecular flexibility index (Phi) is 2.64. The predicted molar refractivity (Wildman–Crippen MR) is 60.0 cm³/mol. The highest BCUT2D eigenvalue weighted by Gasteiger charge is 2.44. The summed E-state index contributed by atoms with van der Waals surface area (Å²) in [6, 6.07) is 0. The number of aliphatic carboxylic acids is 1. The van der Waals surface area contributed by atoms with Gasteiger partial charge in [0.1, 0.15) is 0 Å². The molecule has 0 aliphatic heterocycles. The fraction of sp³-hybridized carbons (Fsp3) is 0.692. The second kappa shape index (κ2) is 3.72. The molecule has 3 nitrogen and oxygen atoms in total. The minimum absolute atomic E-state index is 0.0742. The van der Waals surface area contributed by atoms with Gasteiger partial charge in [-0.15, -0.1) is 0 Å². The molecule has 3 heteroatoms. The van der Waals surface area contributed by atoms with E-state index in [4.69, 9.17) is 5.11 Å². The lowest BCUT2D eigenvalue weighted by atomic mass is 9.58. The molecule has 2 aliphatic rings. The Morgan fingerprint density at radius 2 is 2.25 bits per heavy atom. The summed E-state index contributed by atoms with van der Waals surface area (Å²) in [5.74, 6) is -0.460. The lowest BCUT2D eigenvalue weighted by Gasteiger charge is -2.45. The van der Waals surface area contributed by atoms with E-state index in [1.165, 1.54) is 5.57 Å². The molecule has 0 heterocycles. The Morgan fingerprint density at radius 3 is 2.88 bits per heavy atom. The van der Waals surface area contributed by atoms with E-state index in [-0.39, 0.29) is 23.0 Å². The average Bonchev–Trinajstić information content (AvgIpc) is 2.19. The largest absolute Gasteiger partial charge is 0.481 e. The van der Waals surface area contributed by atoms with E-state index in [2.05, 4.69) is 13.8 Å². The van der Waals surface area contributed by atoms with Gasteiger partial charge in [-0.3, -0.25) is 9.59 Å². The van der Waals surface area contributed by atoms with E-state index in [1.54, 1.807) is 6.08 Å². The molecule has 16 heavy (non-hydrogen) atoms. The number of hydrogen-bond donors (Lipinski definition) is 1. The molecule has 0 aromatic carbocycles. The third kappa shape index (κ3) is 1.68. The van der Waals surface area contributed by atoms with Crippen molar-refractivity contribution in [3.63, 3.8) is 0 Å². The van der Waals surface area contributed by atoms with Crippen LogP contribution in [0.2, 0.25) is 0 Å². The average molecular weight is 222 g/mol. The molecule has 2 rings (SSSR count). The first-order chi connectivity index (χ1) is 7.43. The van der Waals surface area contributed by atoms with Crippen LogP contribution in [0.25, 0.3) is 0 Å². The quantitative estimate of drug-likeness (QED) is 0.741. The van der Waals surface area contributed by atoms with Gasteiger partial charge in [0.05, 0.1) is 5.92 Å². The standard InChI is InChI=1S/C13H18O3/c1-8-5-11(14)6-10-4-3-9(12(15)16)7-13(8,10)2/h6,8-9H,3-5,7H2,1-2H3,(H,15,16)/t8-,9?,13+/m1/s1. The van der Waals surface area contributed by atoms with Crippen molar-refractivity contribution in [3.05, 3.63) is 11.6 Å². The Morgan fingerprint density at radius 1 is 1.56 bits per heavy atom. The first-order valence-electron chi connectivity index (χ1n) is 5.90. The van der Waals surface area contributed by atoms with Crippen LogP contribution in [0.4, 0.5) is 0 Å². The smallest absolute Gasteiger partial charge is 0.306 e. The Hall–Kier alpha value is -1.12. The second-order valence-corrected chi connectivity index (χ2v) is 5.44. The number of carbonyl (C=O) groups excluding carboxylic acids is 1. The van der Waals surface area contributed by atoms with Crippen molar-refractivity contribution in [1.29, 1.82) is 0 Å². The summed E-state index contributed by atoms with van der Waals surface area (Å²) in [6.45, 7) is 4.18. The van der Waals surface area contributed by atoms with Crippen LogP contribution in [0.3, 0.4) is 0 Å². The van der Waals surface area contributed by atoms with Gasteiger partial charge in [-0.05, 0) is 36.7 Å². The number of allylic oxidation sites excluding steroid dienone is 2. The molecule has 0 aromatic rings. The van der Waals surface area contributed by atoms with Crippen molar-refractivity contribution in [2.75, 3.05) is 0 Å². The molecule has 1 fully saturated rings. The van der Waals surface area contributed by atoms with E-state index in [9.17, 15) is 9.59 Å². The van der Waals surface area contributed by atoms with Crippen LogP contribution in [0.1, 0.15) is 39.5 Å². The normalized spacial score (nSPS) is 38.9. The summed E-state index contributed by atoms with van der Waals surface area (Å²) in [6.07, 6.45) is 4.45. The second-order valence-electron chi connectivity index (χ2n) is 5.44. The molecule has 0 spiro atoms. The fourth-order valence-electron chi connectivity index (χ4n) is 3.11. The molecule has 0 radical (unpaired) electrons. The van der Waals surface area contributed by atoms with Gasteiger partial charge in [-0.2, -0.15) is 0 Å². The third-order valence-electron chi connectivity index (χ3n) is 4.45. The summed E-state index contributed by atoms with van der Waals surface area (Å²) in [5, 5.41) is 9.09. The first-order valence-corrected chi connectivity index (χ1v) is 5.90. The molecular weight excluding hydrogens is 204 g/mol. The zero-order valence-electron chi connectivity index (χ0n) is 9.82. The van der Waals surface area contributed by atoms with Gasteiger partial charge < -0.3 is 5.11 Å². The number of hydrogen-bond acceptors (Lipinski definition) is 2. The summed E-state index contributed by atoms with van der Waals surface area (Å²) >= 11 is 0. The van der Waals surface area contributed by atoms with E-state index in [0.29, 0.717) is 19.3 Å². The zero-order chi connectivity index (χ0) is 11.9. The number of carboxylic acid groups (broad SMARTS) is 1. The number of ketones is 1. The van der Waals surface area contributed by atoms with Gasteiger partial charge in [0.2, 0.25) is 0 Å². The molecule has 2 aliphatic carbocycles. The molecule has 3 atom stereocenters. The molecule has 0 aromatic heterocycles. The molecule has 1 saturated carbocycles. The number of carbonyl (C=O) groups is 2. The Bertz CT molecular complexity index is 369. The molecule has 88 valence electrons. The maximum atomic E-state index is 11.5. The highest BCUT2D eigenvalue weighted by atomic mass is 16.4. The molecule has 1 unspecified atom stereocenters. The van der Waals surface area contributed by atoms with Crippen molar-refractivity contribution in [2.24, 2.45) is 17.3 Å². The minimum atomic E-state index is -0.690. The lowest BCUT2D eigenvalue weighted by molar-refractivity contribution is -0.144. The van der Waals surface area contributed by atoms with Gasteiger partial charge in [0.25, 0.3) is 0 Å². The summed E-state index contributed by atoms with van der Waals surface area (Å²) < 4.78 is 0. The molecule has 0 saturated heterocycles.